The average Bonchev–Trinajstić information content (AvgIpc) is 2.84. The molecule has 9 heteroatoms. The molecular weight excluding hydrogens is 423 g/mol. The summed E-state index contributed by atoms with van der Waals surface area (Å²) >= 11 is 0. The zero-order valence-electron chi connectivity index (χ0n) is 19.0. The van der Waals surface area contributed by atoms with Crippen LogP contribution >= 0.6 is 0 Å². The van der Waals surface area contributed by atoms with E-state index in [1.807, 2.05) is 17.9 Å². The number of carbonyl (C=O) groups excluding carboxylic acids is 1. The number of nitrogens with zero attached hydrogens (tertiary/aromatic N) is 4. The Hall–Kier alpha value is -3.25. The molecule has 1 aromatic heterocycles. The van der Waals surface area contributed by atoms with Crippen molar-refractivity contribution < 1.29 is 13.9 Å². The molecule has 1 saturated heterocycles. The summed E-state index contributed by atoms with van der Waals surface area (Å²) in [5.74, 6) is 0.325. The maximum Gasteiger partial charge on any atom is 0.251 e. The van der Waals surface area contributed by atoms with E-state index >= 15 is 0 Å². The van der Waals surface area contributed by atoms with Gasteiger partial charge >= 0.3 is 0 Å². The van der Waals surface area contributed by atoms with Crippen molar-refractivity contribution in [3.8, 4) is 17.3 Å². The molecule has 8 nitrogen and oxygen atoms in total. The number of aromatic nitrogens is 2. The topological polar surface area (TPSA) is 103 Å². The van der Waals surface area contributed by atoms with Crippen LogP contribution in [0, 0.1) is 17.1 Å². The maximum atomic E-state index is 14.2. The normalized spacial score (nSPS) is 21.3. The molecule has 4 rings (SSSR count). The number of nitrogens with one attached hydrogen (secondary N) is 2. The third kappa shape index (κ3) is 5.22. The van der Waals surface area contributed by atoms with E-state index in [-0.39, 0.29) is 23.6 Å². The first-order valence-electron chi connectivity index (χ1n) is 11.4. The van der Waals surface area contributed by atoms with Crippen LogP contribution in [-0.4, -0.2) is 54.3 Å². The number of ether oxygens (including phenoxy) is 1. The van der Waals surface area contributed by atoms with Crippen LogP contribution < -0.4 is 15.5 Å². The highest BCUT2D eigenvalue weighted by Crippen LogP contribution is 2.28. The van der Waals surface area contributed by atoms with Crippen LogP contribution in [0.15, 0.2) is 24.3 Å². The van der Waals surface area contributed by atoms with Crippen molar-refractivity contribution in [3.05, 3.63) is 35.6 Å². The van der Waals surface area contributed by atoms with Gasteiger partial charge in [-0.1, -0.05) is 25.3 Å². The van der Waals surface area contributed by atoms with E-state index in [9.17, 15) is 9.18 Å². The first-order valence-corrected chi connectivity index (χ1v) is 11.4. The van der Waals surface area contributed by atoms with E-state index in [1.54, 1.807) is 19.2 Å². The third-order valence-electron chi connectivity index (χ3n) is 6.29. The van der Waals surface area contributed by atoms with Gasteiger partial charge in [-0.2, -0.15) is 10.2 Å². The SMILES string of the molecule is CNc1nc(-c2ccc(C#N)c(F)c2)cc(N2C[C@@H](C(=O)NC3CCCCC3)OC[C@H]2C)n1. The van der Waals surface area contributed by atoms with Crippen molar-refractivity contribution in [2.24, 2.45) is 0 Å². The number of hydrogen-bond donors (Lipinski definition) is 2. The van der Waals surface area contributed by atoms with Crippen LogP contribution in [0.2, 0.25) is 0 Å². The highest BCUT2D eigenvalue weighted by molar-refractivity contribution is 5.82. The predicted molar refractivity (Wildman–Crippen MR) is 123 cm³/mol. The first-order chi connectivity index (χ1) is 16.0. The smallest absolute Gasteiger partial charge is 0.251 e. The quantitative estimate of drug-likeness (QED) is 0.718. The summed E-state index contributed by atoms with van der Waals surface area (Å²) in [6, 6.07) is 8.22. The lowest BCUT2D eigenvalue weighted by Crippen LogP contribution is -2.55. The van der Waals surface area contributed by atoms with Crippen molar-refractivity contribution in [2.75, 3.05) is 30.4 Å². The van der Waals surface area contributed by atoms with Crippen LogP contribution in [0.25, 0.3) is 11.3 Å². The Bertz CT molecular complexity index is 1050. The lowest BCUT2D eigenvalue weighted by Gasteiger charge is -2.39. The molecule has 1 aromatic carbocycles. The van der Waals surface area contributed by atoms with E-state index in [0.717, 1.165) is 25.7 Å². The Morgan fingerprint density at radius 3 is 2.73 bits per heavy atom. The van der Waals surface area contributed by atoms with E-state index in [4.69, 9.17) is 10.00 Å². The molecule has 2 N–H and O–H groups in total. The molecule has 0 bridgehead atoms. The van der Waals surface area contributed by atoms with Gasteiger partial charge in [-0.15, -0.1) is 0 Å². The zero-order chi connectivity index (χ0) is 23.4. The molecule has 174 valence electrons. The second-order valence-corrected chi connectivity index (χ2v) is 8.66. The highest BCUT2D eigenvalue weighted by atomic mass is 19.1. The maximum absolute atomic E-state index is 14.2. The second kappa shape index (κ2) is 10.1. The number of benzene rings is 1. The van der Waals surface area contributed by atoms with Crippen molar-refractivity contribution >= 4 is 17.7 Å². The van der Waals surface area contributed by atoms with Crippen LogP contribution in [0.4, 0.5) is 16.2 Å². The average molecular weight is 453 g/mol. The Morgan fingerprint density at radius 2 is 2.03 bits per heavy atom. The number of carbonyl (C=O) groups is 1. The molecular formula is C24H29FN6O2. The Labute approximate surface area is 193 Å². The summed E-state index contributed by atoms with van der Waals surface area (Å²) in [4.78, 5) is 24.0. The van der Waals surface area contributed by atoms with Crippen molar-refractivity contribution in [2.45, 2.75) is 57.2 Å². The van der Waals surface area contributed by atoms with Crippen molar-refractivity contribution in [1.82, 2.24) is 15.3 Å². The van der Waals surface area contributed by atoms with E-state index in [2.05, 4.69) is 20.6 Å². The van der Waals surface area contributed by atoms with Gasteiger partial charge in [0, 0.05) is 24.7 Å². The lowest BCUT2D eigenvalue weighted by molar-refractivity contribution is -0.135. The summed E-state index contributed by atoms with van der Waals surface area (Å²) in [5.41, 5.74) is 1.05. The Morgan fingerprint density at radius 1 is 1.24 bits per heavy atom. The van der Waals surface area contributed by atoms with E-state index in [0.29, 0.717) is 36.2 Å². The molecule has 0 spiro atoms. The monoisotopic (exact) mass is 452 g/mol. The summed E-state index contributed by atoms with van der Waals surface area (Å²) in [5, 5.41) is 15.1. The zero-order valence-corrected chi connectivity index (χ0v) is 19.0. The van der Waals surface area contributed by atoms with Crippen LogP contribution in [0.3, 0.4) is 0 Å². The molecule has 2 fully saturated rings. The molecule has 1 aliphatic heterocycles. The number of rotatable bonds is 5. The number of anilines is 2. The van der Waals surface area contributed by atoms with Gasteiger partial charge in [0.1, 0.15) is 17.7 Å². The van der Waals surface area contributed by atoms with Gasteiger partial charge in [-0.3, -0.25) is 4.79 Å². The number of halogens is 1. The van der Waals surface area contributed by atoms with Gasteiger partial charge in [-0.05, 0) is 31.9 Å². The third-order valence-corrected chi connectivity index (χ3v) is 6.29. The minimum Gasteiger partial charge on any atom is -0.364 e. The molecule has 1 aliphatic carbocycles. The number of nitriles is 1. The molecule has 2 heterocycles. The lowest BCUT2D eigenvalue weighted by atomic mass is 9.95. The summed E-state index contributed by atoms with van der Waals surface area (Å²) in [6.07, 6.45) is 4.95. The second-order valence-electron chi connectivity index (χ2n) is 8.66. The molecule has 2 aliphatic rings. The van der Waals surface area contributed by atoms with Crippen LogP contribution in [0.5, 0.6) is 0 Å². The standard InChI is InChI=1S/C24H29FN6O2/c1-15-14-33-21(23(32)28-18-6-4-3-5-7-18)13-31(15)22-11-20(29-24(27-2)30-22)16-8-9-17(12-26)19(25)10-16/h8-11,15,18,21H,3-7,13-14H2,1-2H3,(H,28,32)(H,27,29,30)/t15-,21+/m1/s1. The van der Waals surface area contributed by atoms with E-state index < -0.39 is 11.9 Å². The van der Waals surface area contributed by atoms with Gasteiger partial charge in [0.25, 0.3) is 5.91 Å². The summed E-state index contributed by atoms with van der Waals surface area (Å²) in [6.45, 7) is 2.76. The van der Waals surface area contributed by atoms with Gasteiger partial charge in [-0.25, -0.2) is 9.37 Å². The fourth-order valence-electron chi connectivity index (χ4n) is 4.38. The fraction of sp³-hybridized carbons (Fsp3) is 0.500. The van der Waals surface area contributed by atoms with Gasteiger partial charge in [0.2, 0.25) is 5.95 Å². The molecule has 2 aromatic rings. The minimum atomic E-state index is -0.597. The summed E-state index contributed by atoms with van der Waals surface area (Å²) < 4.78 is 20.1. The number of amides is 1. The molecule has 1 amide bonds. The molecule has 33 heavy (non-hydrogen) atoms. The molecule has 1 saturated carbocycles. The molecule has 0 radical (unpaired) electrons. The largest absolute Gasteiger partial charge is 0.364 e. The highest BCUT2D eigenvalue weighted by Gasteiger charge is 2.33. The summed E-state index contributed by atoms with van der Waals surface area (Å²) in [7, 11) is 1.71. The Kier molecular flexibility index (Phi) is 7.04. The van der Waals surface area contributed by atoms with Crippen LogP contribution in [0.1, 0.15) is 44.6 Å². The first kappa shape index (κ1) is 22.9. The molecule has 0 unspecified atom stereocenters. The minimum absolute atomic E-state index is 0.00566. The molecule has 2 atom stereocenters. The van der Waals surface area contributed by atoms with Crippen molar-refractivity contribution in [3.63, 3.8) is 0 Å². The van der Waals surface area contributed by atoms with Gasteiger partial charge < -0.3 is 20.3 Å². The fourth-order valence-corrected chi connectivity index (χ4v) is 4.38. The van der Waals surface area contributed by atoms with Gasteiger partial charge in [0.05, 0.1) is 30.5 Å². The number of hydrogen-bond acceptors (Lipinski definition) is 7. The van der Waals surface area contributed by atoms with Crippen LogP contribution in [-0.2, 0) is 9.53 Å². The van der Waals surface area contributed by atoms with Gasteiger partial charge in [0.15, 0.2) is 6.10 Å². The predicted octanol–water partition coefficient (Wildman–Crippen LogP) is 3.24. The van der Waals surface area contributed by atoms with Crippen molar-refractivity contribution in [1.29, 1.82) is 5.26 Å². The number of morpholine rings is 1. The Balaban J connectivity index is 1.57. The van der Waals surface area contributed by atoms with E-state index in [1.165, 1.54) is 18.6 Å².